The first-order chi connectivity index (χ1) is 8.50. The van der Waals surface area contributed by atoms with Gasteiger partial charge in [-0.3, -0.25) is 4.68 Å². The maximum atomic E-state index is 6.28. The van der Waals surface area contributed by atoms with Crippen molar-refractivity contribution in [2.75, 3.05) is 19.0 Å². The van der Waals surface area contributed by atoms with Crippen LogP contribution in [0, 0.1) is 0 Å². The third-order valence-electron chi connectivity index (χ3n) is 3.00. The Bertz CT molecular complexity index is 511. The minimum Gasteiger partial charge on any atom is -0.378 e. The van der Waals surface area contributed by atoms with Crippen molar-refractivity contribution in [2.24, 2.45) is 12.8 Å². The molecule has 0 spiro atoms. The first-order valence-electron chi connectivity index (χ1n) is 5.71. The van der Waals surface area contributed by atoms with Crippen molar-refractivity contribution in [3.8, 4) is 0 Å². The van der Waals surface area contributed by atoms with Crippen LogP contribution in [0.2, 0.25) is 0 Å². The molecule has 0 fully saturated rings. The Kier molecular flexibility index (Phi) is 3.73. The van der Waals surface area contributed by atoms with Gasteiger partial charge in [-0.05, 0) is 33.6 Å². The van der Waals surface area contributed by atoms with E-state index >= 15 is 0 Å². The molecule has 2 aromatic rings. The standard InChI is InChI=1S/C13H17BrN4/c1-17(2)10-6-4-9(5-7-10)12(15)13-11(14)8-16-18(13)3/h4-8,12H,15H2,1-3H3. The molecule has 1 aromatic heterocycles. The van der Waals surface area contributed by atoms with E-state index in [1.165, 1.54) is 0 Å². The minimum absolute atomic E-state index is 0.178. The van der Waals surface area contributed by atoms with Crippen LogP contribution in [0.1, 0.15) is 17.3 Å². The van der Waals surface area contributed by atoms with E-state index in [2.05, 4.69) is 50.2 Å². The Balaban J connectivity index is 2.32. The summed E-state index contributed by atoms with van der Waals surface area (Å²) in [6, 6.07) is 8.07. The van der Waals surface area contributed by atoms with Crippen molar-refractivity contribution in [2.45, 2.75) is 6.04 Å². The molecule has 18 heavy (non-hydrogen) atoms. The van der Waals surface area contributed by atoms with Gasteiger partial charge in [0.2, 0.25) is 0 Å². The lowest BCUT2D eigenvalue weighted by Gasteiger charge is -2.16. The molecule has 1 atom stereocenters. The maximum absolute atomic E-state index is 6.28. The van der Waals surface area contributed by atoms with E-state index in [1.54, 1.807) is 10.9 Å². The van der Waals surface area contributed by atoms with E-state index in [0.29, 0.717) is 0 Å². The molecule has 0 saturated heterocycles. The van der Waals surface area contributed by atoms with E-state index in [1.807, 2.05) is 21.1 Å². The first-order valence-corrected chi connectivity index (χ1v) is 6.50. The summed E-state index contributed by atoms with van der Waals surface area (Å²) in [7, 11) is 5.94. The van der Waals surface area contributed by atoms with Gasteiger partial charge in [-0.2, -0.15) is 5.10 Å². The molecular weight excluding hydrogens is 292 g/mol. The van der Waals surface area contributed by atoms with E-state index < -0.39 is 0 Å². The van der Waals surface area contributed by atoms with Crippen molar-refractivity contribution < 1.29 is 0 Å². The van der Waals surface area contributed by atoms with E-state index in [-0.39, 0.29) is 6.04 Å². The largest absolute Gasteiger partial charge is 0.378 e. The number of rotatable bonds is 3. The predicted octanol–water partition coefficient (Wildman–Crippen LogP) is 2.30. The van der Waals surface area contributed by atoms with Gasteiger partial charge < -0.3 is 10.6 Å². The Morgan fingerprint density at radius 3 is 2.33 bits per heavy atom. The molecule has 0 saturated carbocycles. The highest BCUT2D eigenvalue weighted by molar-refractivity contribution is 9.10. The van der Waals surface area contributed by atoms with Gasteiger partial charge in [-0.15, -0.1) is 0 Å². The predicted molar refractivity (Wildman–Crippen MR) is 77.7 cm³/mol. The number of aryl methyl sites for hydroxylation is 1. The van der Waals surface area contributed by atoms with Gasteiger partial charge >= 0.3 is 0 Å². The molecule has 0 aliphatic carbocycles. The lowest BCUT2D eigenvalue weighted by Crippen LogP contribution is -2.17. The molecule has 0 amide bonds. The van der Waals surface area contributed by atoms with Gasteiger partial charge in [0.15, 0.2) is 0 Å². The fourth-order valence-electron chi connectivity index (χ4n) is 1.91. The molecule has 2 N–H and O–H groups in total. The van der Waals surface area contributed by atoms with Crippen LogP contribution < -0.4 is 10.6 Å². The van der Waals surface area contributed by atoms with E-state index in [4.69, 9.17) is 5.73 Å². The van der Waals surface area contributed by atoms with Crippen molar-refractivity contribution in [3.63, 3.8) is 0 Å². The van der Waals surface area contributed by atoms with Gasteiger partial charge in [-0.25, -0.2) is 0 Å². The molecule has 1 unspecified atom stereocenters. The SMILES string of the molecule is CN(C)c1ccc(C(N)c2c(Br)cnn2C)cc1. The molecule has 0 bridgehead atoms. The van der Waals surface area contributed by atoms with Gasteiger partial charge in [0.25, 0.3) is 0 Å². The Morgan fingerprint density at radius 1 is 1.28 bits per heavy atom. The van der Waals surface area contributed by atoms with Gasteiger partial charge in [-0.1, -0.05) is 12.1 Å². The summed E-state index contributed by atoms with van der Waals surface area (Å²) in [6.45, 7) is 0. The second-order valence-electron chi connectivity index (χ2n) is 4.46. The van der Waals surface area contributed by atoms with Crippen LogP contribution in [0.25, 0.3) is 0 Å². The molecule has 1 heterocycles. The molecule has 0 aliphatic rings. The zero-order valence-corrected chi connectivity index (χ0v) is 12.3. The number of halogens is 1. The molecule has 0 radical (unpaired) electrons. The minimum atomic E-state index is -0.178. The number of nitrogens with zero attached hydrogens (tertiary/aromatic N) is 3. The second-order valence-corrected chi connectivity index (χ2v) is 5.32. The highest BCUT2D eigenvalue weighted by Crippen LogP contribution is 2.27. The first kappa shape index (κ1) is 13.1. The summed E-state index contributed by atoms with van der Waals surface area (Å²) in [5.41, 5.74) is 9.50. The fraction of sp³-hybridized carbons (Fsp3) is 0.308. The van der Waals surface area contributed by atoms with Crippen LogP contribution >= 0.6 is 15.9 Å². The average molecular weight is 309 g/mol. The number of anilines is 1. The van der Waals surface area contributed by atoms with Crippen LogP contribution in [0.15, 0.2) is 34.9 Å². The highest BCUT2D eigenvalue weighted by atomic mass is 79.9. The van der Waals surface area contributed by atoms with Crippen molar-refractivity contribution in [1.29, 1.82) is 0 Å². The zero-order valence-electron chi connectivity index (χ0n) is 10.8. The summed E-state index contributed by atoms with van der Waals surface area (Å²) >= 11 is 3.48. The van der Waals surface area contributed by atoms with Crippen LogP contribution in [0.5, 0.6) is 0 Å². The van der Waals surface area contributed by atoms with Crippen LogP contribution in [-0.2, 0) is 7.05 Å². The fourth-order valence-corrected chi connectivity index (χ4v) is 2.50. The number of hydrogen-bond acceptors (Lipinski definition) is 3. The van der Waals surface area contributed by atoms with Crippen LogP contribution in [-0.4, -0.2) is 23.9 Å². The summed E-state index contributed by atoms with van der Waals surface area (Å²) in [5.74, 6) is 0. The quantitative estimate of drug-likeness (QED) is 0.946. The highest BCUT2D eigenvalue weighted by Gasteiger charge is 2.16. The van der Waals surface area contributed by atoms with Gasteiger partial charge in [0.1, 0.15) is 0 Å². The summed E-state index contributed by atoms with van der Waals surface area (Å²) in [6.07, 6.45) is 1.77. The van der Waals surface area contributed by atoms with Gasteiger partial charge in [0.05, 0.1) is 22.4 Å². The normalized spacial score (nSPS) is 12.5. The smallest absolute Gasteiger partial charge is 0.0735 e. The molecule has 2 rings (SSSR count). The number of aromatic nitrogens is 2. The summed E-state index contributed by atoms with van der Waals surface area (Å²) in [5, 5.41) is 4.19. The molecule has 0 aliphatic heterocycles. The Morgan fingerprint density at radius 2 is 1.89 bits per heavy atom. The molecular formula is C13H17BrN4. The third kappa shape index (κ3) is 2.42. The number of hydrogen-bond donors (Lipinski definition) is 1. The number of nitrogens with two attached hydrogens (primary N) is 1. The molecule has 1 aromatic carbocycles. The van der Waals surface area contributed by atoms with Crippen LogP contribution in [0.4, 0.5) is 5.69 Å². The molecule has 5 heteroatoms. The van der Waals surface area contributed by atoms with Crippen molar-refractivity contribution >= 4 is 21.6 Å². The average Bonchev–Trinajstić information content (AvgIpc) is 2.68. The maximum Gasteiger partial charge on any atom is 0.0735 e. The topological polar surface area (TPSA) is 47.1 Å². The van der Waals surface area contributed by atoms with Crippen molar-refractivity contribution in [1.82, 2.24) is 9.78 Å². The second kappa shape index (κ2) is 5.12. The Labute approximate surface area is 116 Å². The summed E-state index contributed by atoms with van der Waals surface area (Å²) < 4.78 is 2.74. The number of benzene rings is 1. The molecule has 96 valence electrons. The van der Waals surface area contributed by atoms with Gasteiger partial charge in [0, 0.05) is 26.8 Å². The Hall–Kier alpha value is -1.33. The third-order valence-corrected chi connectivity index (χ3v) is 3.61. The van der Waals surface area contributed by atoms with E-state index in [9.17, 15) is 0 Å². The lowest BCUT2D eigenvalue weighted by molar-refractivity contribution is 0.671. The van der Waals surface area contributed by atoms with Crippen LogP contribution in [0.3, 0.4) is 0 Å². The summed E-state index contributed by atoms with van der Waals surface area (Å²) in [4.78, 5) is 2.06. The monoisotopic (exact) mass is 308 g/mol. The van der Waals surface area contributed by atoms with Crippen molar-refractivity contribution in [3.05, 3.63) is 46.2 Å². The van der Waals surface area contributed by atoms with E-state index in [0.717, 1.165) is 21.4 Å². The molecule has 4 nitrogen and oxygen atoms in total. The lowest BCUT2D eigenvalue weighted by atomic mass is 10.0. The zero-order chi connectivity index (χ0) is 13.3.